The highest BCUT2D eigenvalue weighted by Gasteiger charge is 2.17. The summed E-state index contributed by atoms with van der Waals surface area (Å²) >= 11 is 0. The zero-order valence-electron chi connectivity index (χ0n) is 11.7. The number of nitrogens with one attached hydrogen (secondary N) is 1. The van der Waals surface area contributed by atoms with Crippen molar-refractivity contribution in [1.29, 1.82) is 0 Å². The lowest BCUT2D eigenvalue weighted by molar-refractivity contribution is 0.610. The largest absolute Gasteiger partial charge is 0.332 e. The molecule has 0 saturated heterocycles. The number of hydrogen-bond donors (Lipinski definition) is 1. The first-order valence-corrected chi connectivity index (χ1v) is 6.32. The predicted molar refractivity (Wildman–Crippen MR) is 73.3 cm³/mol. The van der Waals surface area contributed by atoms with Crippen molar-refractivity contribution in [3.63, 3.8) is 0 Å². The van der Waals surface area contributed by atoms with E-state index < -0.39 is 0 Å². The highest BCUT2D eigenvalue weighted by atomic mass is 16.2. The molecule has 0 atom stereocenters. The number of aryl methyl sites for hydroxylation is 2. The second-order valence-corrected chi connectivity index (χ2v) is 4.59. The smallest absolute Gasteiger partial charge is 0.324 e. The van der Waals surface area contributed by atoms with Gasteiger partial charge in [0.25, 0.3) is 5.56 Å². The molecule has 2 heterocycles. The van der Waals surface area contributed by atoms with E-state index in [9.17, 15) is 9.59 Å². The van der Waals surface area contributed by atoms with Crippen molar-refractivity contribution in [2.24, 2.45) is 14.1 Å². The van der Waals surface area contributed by atoms with Crippen LogP contribution in [-0.2, 0) is 27.2 Å². The Labute approximate surface area is 110 Å². The SMILES string of the molecule is CCCn1c(=O)n(C)c(=O)c2c1nc(CNC)n2C. The molecule has 0 spiro atoms. The Morgan fingerprint density at radius 1 is 1.21 bits per heavy atom. The third-order valence-electron chi connectivity index (χ3n) is 3.23. The van der Waals surface area contributed by atoms with Crippen LogP contribution in [0.15, 0.2) is 9.59 Å². The highest BCUT2D eigenvalue weighted by molar-refractivity contribution is 5.71. The molecule has 1 N–H and O–H groups in total. The summed E-state index contributed by atoms with van der Waals surface area (Å²) in [6.07, 6.45) is 0.811. The molecule has 0 fully saturated rings. The van der Waals surface area contributed by atoms with Gasteiger partial charge in [-0.1, -0.05) is 6.92 Å². The van der Waals surface area contributed by atoms with Gasteiger partial charge in [-0.05, 0) is 13.5 Å². The average molecular weight is 265 g/mol. The van der Waals surface area contributed by atoms with Crippen LogP contribution in [0.2, 0.25) is 0 Å². The summed E-state index contributed by atoms with van der Waals surface area (Å²) in [5.74, 6) is 0.741. The lowest BCUT2D eigenvalue weighted by Crippen LogP contribution is -2.38. The van der Waals surface area contributed by atoms with Crippen LogP contribution in [0, 0.1) is 0 Å². The Balaban J connectivity index is 2.91. The first-order chi connectivity index (χ1) is 9.02. The van der Waals surface area contributed by atoms with Crippen molar-refractivity contribution in [3.8, 4) is 0 Å². The minimum absolute atomic E-state index is 0.301. The van der Waals surface area contributed by atoms with Crippen LogP contribution in [-0.4, -0.2) is 25.7 Å². The van der Waals surface area contributed by atoms with Crippen LogP contribution in [0.25, 0.3) is 11.2 Å². The highest BCUT2D eigenvalue weighted by Crippen LogP contribution is 2.09. The van der Waals surface area contributed by atoms with E-state index in [0.717, 1.165) is 16.8 Å². The molecule has 104 valence electrons. The number of aromatic nitrogens is 4. The van der Waals surface area contributed by atoms with Gasteiger partial charge in [0, 0.05) is 20.6 Å². The maximum Gasteiger partial charge on any atom is 0.332 e. The molecule has 0 unspecified atom stereocenters. The van der Waals surface area contributed by atoms with E-state index in [-0.39, 0.29) is 11.2 Å². The van der Waals surface area contributed by atoms with Crippen LogP contribution in [0.5, 0.6) is 0 Å². The van der Waals surface area contributed by atoms with Gasteiger partial charge in [0.2, 0.25) is 0 Å². The zero-order valence-corrected chi connectivity index (χ0v) is 11.7. The molecule has 0 amide bonds. The van der Waals surface area contributed by atoms with E-state index in [2.05, 4.69) is 10.3 Å². The lowest BCUT2D eigenvalue weighted by atomic mass is 10.4. The van der Waals surface area contributed by atoms with Crippen LogP contribution >= 0.6 is 0 Å². The summed E-state index contributed by atoms with van der Waals surface area (Å²) < 4.78 is 4.46. The molecule has 2 aromatic rings. The summed E-state index contributed by atoms with van der Waals surface area (Å²) in [7, 11) is 5.11. The van der Waals surface area contributed by atoms with Gasteiger partial charge < -0.3 is 9.88 Å². The summed E-state index contributed by atoms with van der Waals surface area (Å²) in [5, 5.41) is 3.01. The second-order valence-electron chi connectivity index (χ2n) is 4.59. The molecule has 7 nitrogen and oxygen atoms in total. The van der Waals surface area contributed by atoms with Crippen molar-refractivity contribution in [2.45, 2.75) is 26.4 Å². The number of imidazole rings is 1. The van der Waals surface area contributed by atoms with Crippen molar-refractivity contribution < 1.29 is 0 Å². The molecule has 0 aliphatic heterocycles. The molecule has 0 aliphatic carbocycles. The molecule has 0 saturated carbocycles. The molecular formula is C12H19N5O2. The Bertz CT molecular complexity index is 722. The van der Waals surface area contributed by atoms with E-state index in [1.165, 1.54) is 7.05 Å². The van der Waals surface area contributed by atoms with Crippen LogP contribution in [0.3, 0.4) is 0 Å². The Morgan fingerprint density at radius 2 is 1.89 bits per heavy atom. The van der Waals surface area contributed by atoms with Gasteiger partial charge in [-0.3, -0.25) is 13.9 Å². The Hall–Kier alpha value is -1.89. The normalized spacial score (nSPS) is 11.4. The summed E-state index contributed by atoms with van der Waals surface area (Å²) in [6, 6.07) is 0. The molecule has 2 aromatic heterocycles. The Morgan fingerprint density at radius 3 is 2.47 bits per heavy atom. The molecule has 19 heavy (non-hydrogen) atoms. The van der Waals surface area contributed by atoms with Crippen LogP contribution in [0.4, 0.5) is 0 Å². The summed E-state index contributed by atoms with van der Waals surface area (Å²) in [6.45, 7) is 3.09. The minimum Gasteiger partial charge on any atom is -0.324 e. The van der Waals surface area contributed by atoms with Crippen LogP contribution in [0.1, 0.15) is 19.2 Å². The van der Waals surface area contributed by atoms with Gasteiger partial charge in [0.1, 0.15) is 5.82 Å². The van der Waals surface area contributed by atoms with Crippen molar-refractivity contribution >= 4 is 11.2 Å². The van der Waals surface area contributed by atoms with E-state index in [1.54, 1.807) is 16.2 Å². The number of fused-ring (bicyclic) bond motifs is 1. The second kappa shape index (κ2) is 5.00. The standard InChI is InChI=1S/C12H19N5O2/c1-5-6-17-10-9(11(18)16(4)12(17)19)15(3)8(14-10)7-13-2/h13H,5-7H2,1-4H3. The fourth-order valence-electron chi connectivity index (χ4n) is 2.22. The van der Waals surface area contributed by atoms with E-state index >= 15 is 0 Å². The van der Waals surface area contributed by atoms with E-state index in [0.29, 0.717) is 24.3 Å². The molecule has 0 aliphatic rings. The molecule has 2 rings (SSSR count). The Kier molecular flexibility index (Phi) is 3.57. The fraction of sp³-hybridized carbons (Fsp3) is 0.583. The quantitative estimate of drug-likeness (QED) is 0.813. The third kappa shape index (κ3) is 1.99. The van der Waals surface area contributed by atoms with E-state index in [1.807, 2.05) is 14.0 Å². The number of hydrogen-bond acceptors (Lipinski definition) is 4. The van der Waals surface area contributed by atoms with Gasteiger partial charge in [0.05, 0.1) is 6.54 Å². The summed E-state index contributed by atoms with van der Waals surface area (Å²) in [4.78, 5) is 28.8. The minimum atomic E-state index is -0.312. The van der Waals surface area contributed by atoms with Gasteiger partial charge >= 0.3 is 5.69 Å². The first kappa shape index (κ1) is 13.5. The predicted octanol–water partition coefficient (Wildman–Crippen LogP) is -0.437. The topological polar surface area (TPSA) is 73.8 Å². The monoisotopic (exact) mass is 265 g/mol. The van der Waals surface area contributed by atoms with Gasteiger partial charge in [0.15, 0.2) is 11.2 Å². The molecule has 0 radical (unpaired) electrons. The molecular weight excluding hydrogens is 246 g/mol. The van der Waals surface area contributed by atoms with E-state index in [4.69, 9.17) is 0 Å². The fourth-order valence-corrected chi connectivity index (χ4v) is 2.22. The number of nitrogens with zero attached hydrogens (tertiary/aromatic N) is 4. The first-order valence-electron chi connectivity index (χ1n) is 6.32. The lowest BCUT2D eigenvalue weighted by Gasteiger charge is -2.07. The molecule has 7 heteroatoms. The maximum absolute atomic E-state index is 12.2. The summed E-state index contributed by atoms with van der Waals surface area (Å²) in [5.41, 5.74) is 0.335. The van der Waals surface area contributed by atoms with Crippen molar-refractivity contribution in [2.75, 3.05) is 7.05 Å². The molecule has 0 aromatic carbocycles. The van der Waals surface area contributed by atoms with Crippen molar-refractivity contribution in [1.82, 2.24) is 24.0 Å². The molecule has 0 bridgehead atoms. The maximum atomic E-state index is 12.2. The van der Waals surface area contributed by atoms with Crippen molar-refractivity contribution in [3.05, 3.63) is 26.7 Å². The number of rotatable bonds is 4. The zero-order chi connectivity index (χ0) is 14.2. The van der Waals surface area contributed by atoms with Gasteiger partial charge in [-0.2, -0.15) is 0 Å². The average Bonchev–Trinajstić information content (AvgIpc) is 2.70. The van der Waals surface area contributed by atoms with Crippen LogP contribution < -0.4 is 16.6 Å². The van der Waals surface area contributed by atoms with Gasteiger partial charge in [-0.25, -0.2) is 9.78 Å². The third-order valence-corrected chi connectivity index (χ3v) is 3.23. The van der Waals surface area contributed by atoms with Gasteiger partial charge in [-0.15, -0.1) is 0 Å².